The van der Waals surface area contributed by atoms with Crippen LogP contribution in [0.1, 0.15) is 56.6 Å². The SMILES string of the molecule is CCC(C(=O)NC1CCCCC1)N(Cc1ccccc1C)C(=O)CN(c1ccc(F)cc1)S(C)(=O)=O. The van der Waals surface area contributed by atoms with Gasteiger partial charge in [0.15, 0.2) is 0 Å². The van der Waals surface area contributed by atoms with Gasteiger partial charge in [0.05, 0.1) is 11.9 Å². The molecule has 196 valence electrons. The lowest BCUT2D eigenvalue weighted by Gasteiger charge is -2.34. The van der Waals surface area contributed by atoms with Crippen molar-refractivity contribution in [3.8, 4) is 0 Å². The van der Waals surface area contributed by atoms with Gasteiger partial charge < -0.3 is 10.2 Å². The number of nitrogens with zero attached hydrogens (tertiary/aromatic N) is 2. The molecule has 36 heavy (non-hydrogen) atoms. The van der Waals surface area contributed by atoms with Crippen LogP contribution in [0.4, 0.5) is 10.1 Å². The standard InChI is InChI=1S/C27H36FN3O4S/c1-4-25(27(33)29-23-12-6-5-7-13-23)30(18-21-11-9-8-10-20(21)2)26(32)19-31(36(3,34)35)24-16-14-22(28)15-17-24/h8-11,14-17,23,25H,4-7,12-13,18-19H2,1-3H3,(H,29,33). The number of nitrogens with one attached hydrogen (secondary N) is 1. The number of benzene rings is 2. The average molecular weight is 518 g/mol. The third-order valence-electron chi connectivity index (χ3n) is 6.73. The zero-order chi connectivity index (χ0) is 26.3. The van der Waals surface area contributed by atoms with Gasteiger partial charge in [-0.3, -0.25) is 13.9 Å². The van der Waals surface area contributed by atoms with Gasteiger partial charge in [-0.1, -0.05) is 50.5 Å². The molecule has 1 aliphatic rings. The number of anilines is 1. The van der Waals surface area contributed by atoms with Crippen molar-refractivity contribution in [3.05, 3.63) is 65.5 Å². The average Bonchev–Trinajstić information content (AvgIpc) is 2.84. The number of carbonyl (C=O) groups excluding carboxylic acids is 2. The van der Waals surface area contributed by atoms with Crippen molar-refractivity contribution in [2.75, 3.05) is 17.1 Å². The molecule has 1 saturated carbocycles. The lowest BCUT2D eigenvalue weighted by molar-refractivity contribution is -0.140. The molecule has 1 unspecified atom stereocenters. The first kappa shape index (κ1) is 27.6. The molecule has 7 nitrogen and oxygen atoms in total. The molecule has 2 amide bonds. The molecule has 0 bridgehead atoms. The van der Waals surface area contributed by atoms with Gasteiger partial charge in [0, 0.05) is 12.6 Å². The summed E-state index contributed by atoms with van der Waals surface area (Å²) in [5, 5.41) is 3.12. The van der Waals surface area contributed by atoms with Crippen LogP contribution in [0.3, 0.4) is 0 Å². The molecule has 9 heteroatoms. The highest BCUT2D eigenvalue weighted by Gasteiger charge is 2.33. The van der Waals surface area contributed by atoms with Crippen LogP contribution < -0.4 is 9.62 Å². The van der Waals surface area contributed by atoms with Crippen LogP contribution in [0.15, 0.2) is 48.5 Å². The Morgan fingerprint density at radius 1 is 1.06 bits per heavy atom. The predicted octanol–water partition coefficient (Wildman–Crippen LogP) is 4.16. The number of amides is 2. The summed E-state index contributed by atoms with van der Waals surface area (Å²) < 4.78 is 39.6. The van der Waals surface area contributed by atoms with Gasteiger partial charge in [-0.05, 0) is 61.6 Å². The van der Waals surface area contributed by atoms with E-state index in [9.17, 15) is 22.4 Å². The van der Waals surface area contributed by atoms with Gasteiger partial charge >= 0.3 is 0 Å². The summed E-state index contributed by atoms with van der Waals surface area (Å²) in [6, 6.07) is 11.9. The predicted molar refractivity (Wildman–Crippen MR) is 139 cm³/mol. The fourth-order valence-corrected chi connectivity index (χ4v) is 5.51. The summed E-state index contributed by atoms with van der Waals surface area (Å²) in [5.74, 6) is -1.23. The van der Waals surface area contributed by atoms with Gasteiger partial charge in [-0.2, -0.15) is 0 Å². The molecule has 3 rings (SSSR count). The molecule has 0 heterocycles. The van der Waals surface area contributed by atoms with Crippen molar-refractivity contribution < 1.29 is 22.4 Å². The molecule has 1 fully saturated rings. The summed E-state index contributed by atoms with van der Waals surface area (Å²) in [6.07, 6.45) is 6.50. The van der Waals surface area contributed by atoms with Gasteiger partial charge in [0.1, 0.15) is 18.4 Å². The molecular formula is C27H36FN3O4S. The van der Waals surface area contributed by atoms with E-state index in [0.29, 0.717) is 6.42 Å². The van der Waals surface area contributed by atoms with Crippen LogP contribution in [0.2, 0.25) is 0 Å². The summed E-state index contributed by atoms with van der Waals surface area (Å²) in [7, 11) is -3.85. The zero-order valence-electron chi connectivity index (χ0n) is 21.2. The van der Waals surface area contributed by atoms with Crippen LogP contribution in [0, 0.1) is 12.7 Å². The normalized spacial score (nSPS) is 15.2. The number of rotatable bonds is 10. The van der Waals surface area contributed by atoms with Crippen LogP contribution in [0.5, 0.6) is 0 Å². The van der Waals surface area contributed by atoms with Crippen molar-refractivity contribution in [3.63, 3.8) is 0 Å². The molecule has 0 radical (unpaired) electrons. The Morgan fingerprint density at radius 2 is 1.69 bits per heavy atom. The summed E-state index contributed by atoms with van der Waals surface area (Å²) in [6.45, 7) is 3.45. The largest absolute Gasteiger partial charge is 0.352 e. The Morgan fingerprint density at radius 3 is 2.28 bits per heavy atom. The summed E-state index contributed by atoms with van der Waals surface area (Å²) in [5.41, 5.74) is 2.03. The Bertz CT molecular complexity index is 1150. The lowest BCUT2D eigenvalue weighted by Crippen LogP contribution is -2.54. The number of aryl methyl sites for hydroxylation is 1. The lowest BCUT2D eigenvalue weighted by atomic mass is 9.95. The molecule has 0 aromatic heterocycles. The van der Waals surface area contributed by atoms with Crippen molar-refractivity contribution >= 4 is 27.5 Å². The molecule has 0 aliphatic heterocycles. The van der Waals surface area contributed by atoms with E-state index in [1.807, 2.05) is 38.1 Å². The van der Waals surface area contributed by atoms with Crippen LogP contribution in [-0.4, -0.2) is 50.0 Å². The van der Waals surface area contributed by atoms with E-state index in [-0.39, 0.29) is 24.2 Å². The molecule has 0 spiro atoms. The second-order valence-corrected chi connectivity index (χ2v) is 11.4. The van der Waals surface area contributed by atoms with Crippen molar-refractivity contribution in [1.82, 2.24) is 10.2 Å². The topological polar surface area (TPSA) is 86.8 Å². The van der Waals surface area contributed by atoms with Crippen LogP contribution >= 0.6 is 0 Å². The first-order chi connectivity index (χ1) is 17.1. The minimum absolute atomic E-state index is 0.0856. The van der Waals surface area contributed by atoms with Gasteiger partial charge in [0.2, 0.25) is 21.8 Å². The molecule has 1 atom stereocenters. The number of sulfonamides is 1. The Balaban J connectivity index is 1.91. The Kier molecular flexibility index (Phi) is 9.48. The van der Waals surface area contributed by atoms with E-state index >= 15 is 0 Å². The third-order valence-corrected chi connectivity index (χ3v) is 7.87. The second-order valence-electron chi connectivity index (χ2n) is 9.46. The Hall–Kier alpha value is -2.94. The molecule has 0 saturated heterocycles. The second kappa shape index (κ2) is 12.3. The molecular weight excluding hydrogens is 481 g/mol. The molecule has 2 aromatic carbocycles. The highest BCUT2D eigenvalue weighted by Crippen LogP contribution is 2.22. The summed E-state index contributed by atoms with van der Waals surface area (Å²) >= 11 is 0. The van der Waals surface area contributed by atoms with E-state index in [0.717, 1.165) is 65.9 Å². The number of hydrogen-bond donors (Lipinski definition) is 1. The number of carbonyl (C=O) groups is 2. The minimum atomic E-state index is -3.85. The van der Waals surface area contributed by atoms with E-state index in [1.54, 1.807) is 0 Å². The quantitative estimate of drug-likeness (QED) is 0.513. The number of halogens is 1. The van der Waals surface area contributed by atoms with Gasteiger partial charge in [-0.15, -0.1) is 0 Å². The maximum absolute atomic E-state index is 13.7. The highest BCUT2D eigenvalue weighted by atomic mass is 32.2. The van der Waals surface area contributed by atoms with E-state index in [2.05, 4.69) is 5.32 Å². The maximum atomic E-state index is 13.7. The maximum Gasteiger partial charge on any atom is 0.244 e. The van der Waals surface area contributed by atoms with Crippen molar-refractivity contribution in [2.24, 2.45) is 0 Å². The Labute approximate surface area is 213 Å². The molecule has 1 N–H and O–H groups in total. The van der Waals surface area contributed by atoms with E-state index in [1.165, 1.54) is 17.0 Å². The fourth-order valence-electron chi connectivity index (χ4n) is 4.66. The van der Waals surface area contributed by atoms with E-state index in [4.69, 9.17) is 0 Å². The van der Waals surface area contributed by atoms with E-state index < -0.39 is 34.3 Å². The molecule has 1 aliphatic carbocycles. The zero-order valence-corrected chi connectivity index (χ0v) is 22.1. The summed E-state index contributed by atoms with van der Waals surface area (Å²) in [4.78, 5) is 28.6. The van der Waals surface area contributed by atoms with Gasteiger partial charge in [0.25, 0.3) is 0 Å². The van der Waals surface area contributed by atoms with Crippen LogP contribution in [-0.2, 0) is 26.2 Å². The third kappa shape index (κ3) is 7.29. The van der Waals surface area contributed by atoms with Crippen LogP contribution in [0.25, 0.3) is 0 Å². The smallest absolute Gasteiger partial charge is 0.244 e. The van der Waals surface area contributed by atoms with Gasteiger partial charge in [-0.25, -0.2) is 12.8 Å². The number of hydrogen-bond acceptors (Lipinski definition) is 4. The first-order valence-electron chi connectivity index (χ1n) is 12.5. The first-order valence-corrected chi connectivity index (χ1v) is 14.3. The molecule has 2 aromatic rings. The minimum Gasteiger partial charge on any atom is -0.352 e. The van der Waals surface area contributed by atoms with Crippen molar-refractivity contribution in [2.45, 2.75) is 71.0 Å². The highest BCUT2D eigenvalue weighted by molar-refractivity contribution is 7.92. The van der Waals surface area contributed by atoms with Crippen molar-refractivity contribution in [1.29, 1.82) is 0 Å². The fraction of sp³-hybridized carbons (Fsp3) is 0.481. The monoisotopic (exact) mass is 517 g/mol.